The number of hydrogen-bond acceptors (Lipinski definition) is 5. The minimum atomic E-state index is -0.471. The topological polar surface area (TPSA) is 59.1 Å². The average molecular weight is 366 g/mol. The van der Waals surface area contributed by atoms with E-state index < -0.39 is 6.10 Å². The number of rotatable bonds is 4. The third-order valence-corrected chi connectivity index (χ3v) is 5.21. The Hall–Kier alpha value is -3.02. The zero-order chi connectivity index (χ0) is 18.8. The molecule has 6 heteroatoms. The zero-order valence-corrected chi connectivity index (χ0v) is 15.3. The van der Waals surface area contributed by atoms with Gasteiger partial charge in [-0.25, -0.2) is 4.79 Å². The number of carbonyl (C=O) groups excluding carboxylic acids is 2. The second-order valence-electron chi connectivity index (χ2n) is 6.75. The highest BCUT2D eigenvalue weighted by Crippen LogP contribution is 2.33. The maximum atomic E-state index is 12.7. The van der Waals surface area contributed by atoms with Crippen LogP contribution in [0.2, 0.25) is 0 Å². The van der Waals surface area contributed by atoms with E-state index in [1.165, 1.54) is 0 Å². The van der Waals surface area contributed by atoms with Gasteiger partial charge in [-0.05, 0) is 30.3 Å². The van der Waals surface area contributed by atoms with Crippen molar-refractivity contribution in [1.29, 1.82) is 0 Å². The van der Waals surface area contributed by atoms with Gasteiger partial charge in [-0.2, -0.15) is 0 Å². The van der Waals surface area contributed by atoms with Crippen LogP contribution in [-0.4, -0.2) is 50.1 Å². The summed E-state index contributed by atoms with van der Waals surface area (Å²) in [6, 6.07) is 15.2. The minimum Gasteiger partial charge on any atom is -0.497 e. The van der Waals surface area contributed by atoms with Crippen molar-refractivity contribution in [3.63, 3.8) is 0 Å². The van der Waals surface area contributed by atoms with Crippen LogP contribution in [0.5, 0.6) is 5.75 Å². The van der Waals surface area contributed by atoms with Crippen LogP contribution in [0.25, 0.3) is 0 Å². The van der Waals surface area contributed by atoms with Gasteiger partial charge in [-0.3, -0.25) is 4.79 Å². The van der Waals surface area contributed by atoms with Crippen molar-refractivity contribution in [2.45, 2.75) is 12.5 Å². The Labute approximate surface area is 158 Å². The van der Waals surface area contributed by atoms with Crippen LogP contribution in [0.15, 0.2) is 48.5 Å². The first-order valence-corrected chi connectivity index (χ1v) is 9.12. The molecule has 2 aliphatic rings. The Kier molecular flexibility index (Phi) is 4.71. The highest BCUT2D eigenvalue weighted by atomic mass is 16.5. The molecule has 27 heavy (non-hydrogen) atoms. The van der Waals surface area contributed by atoms with Crippen LogP contribution >= 0.6 is 0 Å². The fraction of sp³-hybridized carbons (Fsp3) is 0.333. The van der Waals surface area contributed by atoms with Crippen LogP contribution in [0.3, 0.4) is 0 Å². The predicted octanol–water partition coefficient (Wildman–Crippen LogP) is 2.65. The fourth-order valence-electron chi connectivity index (χ4n) is 3.67. The highest BCUT2D eigenvalue weighted by molar-refractivity contribution is 5.94. The monoisotopic (exact) mass is 366 g/mol. The summed E-state index contributed by atoms with van der Waals surface area (Å²) in [5, 5.41) is 0. The maximum Gasteiger partial charge on any atom is 0.339 e. The third kappa shape index (κ3) is 3.47. The number of carbonyl (C=O) groups is 2. The Bertz CT molecular complexity index is 842. The number of piperazine rings is 1. The molecule has 6 nitrogen and oxygen atoms in total. The summed E-state index contributed by atoms with van der Waals surface area (Å²) in [5.41, 5.74) is 2.51. The first kappa shape index (κ1) is 17.4. The van der Waals surface area contributed by atoms with Crippen molar-refractivity contribution >= 4 is 17.6 Å². The molecule has 0 unspecified atom stereocenters. The van der Waals surface area contributed by atoms with E-state index in [1.807, 2.05) is 47.4 Å². The normalized spacial score (nSPS) is 18.9. The van der Waals surface area contributed by atoms with Crippen molar-refractivity contribution < 1.29 is 19.1 Å². The number of nitrogens with zero attached hydrogens (tertiary/aromatic N) is 2. The van der Waals surface area contributed by atoms with Gasteiger partial charge < -0.3 is 19.3 Å². The van der Waals surface area contributed by atoms with Crippen molar-refractivity contribution in [3.8, 4) is 5.75 Å². The first-order chi connectivity index (χ1) is 13.2. The van der Waals surface area contributed by atoms with Gasteiger partial charge in [0.2, 0.25) is 5.91 Å². The van der Waals surface area contributed by atoms with Gasteiger partial charge in [-0.1, -0.05) is 18.2 Å². The summed E-state index contributed by atoms with van der Waals surface area (Å²) in [6.45, 7) is 2.87. The molecule has 0 spiro atoms. The molecule has 140 valence electrons. The second kappa shape index (κ2) is 7.31. The fourth-order valence-corrected chi connectivity index (χ4v) is 3.67. The Morgan fingerprint density at radius 1 is 1.07 bits per heavy atom. The summed E-state index contributed by atoms with van der Waals surface area (Å²) >= 11 is 0. The Morgan fingerprint density at radius 3 is 2.48 bits per heavy atom. The molecule has 0 aromatic heterocycles. The van der Waals surface area contributed by atoms with Crippen LogP contribution in [0.1, 0.15) is 28.4 Å². The number of benzene rings is 2. The number of esters is 1. The molecular formula is C21H22N2O4. The lowest BCUT2D eigenvalue weighted by atomic mass is 10.0. The van der Waals surface area contributed by atoms with Gasteiger partial charge in [0.15, 0.2) is 0 Å². The average Bonchev–Trinajstić information content (AvgIpc) is 3.04. The molecule has 1 atom stereocenters. The number of hydrogen-bond donors (Lipinski definition) is 0. The van der Waals surface area contributed by atoms with E-state index in [9.17, 15) is 9.59 Å². The summed E-state index contributed by atoms with van der Waals surface area (Å²) in [6.07, 6.45) is -0.272. The van der Waals surface area contributed by atoms with E-state index in [0.717, 1.165) is 30.1 Å². The van der Waals surface area contributed by atoms with Crippen molar-refractivity contribution in [2.75, 3.05) is 38.2 Å². The van der Waals surface area contributed by atoms with E-state index in [0.29, 0.717) is 18.7 Å². The van der Waals surface area contributed by atoms with Crippen LogP contribution in [-0.2, 0) is 9.53 Å². The number of cyclic esters (lactones) is 1. The van der Waals surface area contributed by atoms with E-state index in [2.05, 4.69) is 4.90 Å². The van der Waals surface area contributed by atoms with Crippen LogP contribution in [0, 0.1) is 0 Å². The maximum absolute atomic E-state index is 12.7. The number of fused-ring (bicyclic) bond motifs is 1. The highest BCUT2D eigenvalue weighted by Gasteiger charge is 2.33. The predicted molar refractivity (Wildman–Crippen MR) is 101 cm³/mol. The molecule has 1 saturated heterocycles. The van der Waals surface area contributed by atoms with Gasteiger partial charge in [0, 0.05) is 37.4 Å². The van der Waals surface area contributed by atoms with Gasteiger partial charge in [0.25, 0.3) is 0 Å². The number of amides is 1. The summed E-state index contributed by atoms with van der Waals surface area (Å²) in [7, 11) is 1.65. The second-order valence-corrected chi connectivity index (χ2v) is 6.75. The van der Waals surface area contributed by atoms with Gasteiger partial charge in [-0.15, -0.1) is 0 Å². The van der Waals surface area contributed by atoms with Gasteiger partial charge >= 0.3 is 5.97 Å². The number of ether oxygens (including phenoxy) is 2. The molecule has 4 rings (SSSR count). The molecule has 1 amide bonds. The third-order valence-electron chi connectivity index (χ3n) is 5.21. The van der Waals surface area contributed by atoms with Crippen LogP contribution in [0.4, 0.5) is 5.69 Å². The van der Waals surface area contributed by atoms with Crippen molar-refractivity contribution in [2.24, 2.45) is 0 Å². The molecule has 0 aliphatic carbocycles. The molecule has 0 radical (unpaired) electrons. The summed E-state index contributed by atoms with van der Waals surface area (Å²) < 4.78 is 10.6. The lowest BCUT2D eigenvalue weighted by molar-refractivity contribution is -0.133. The van der Waals surface area contributed by atoms with Crippen molar-refractivity contribution in [1.82, 2.24) is 4.90 Å². The van der Waals surface area contributed by atoms with Gasteiger partial charge in [0.05, 0.1) is 19.1 Å². The zero-order valence-electron chi connectivity index (χ0n) is 15.3. The van der Waals surface area contributed by atoms with E-state index in [4.69, 9.17) is 9.47 Å². The SMILES string of the molecule is COc1ccc(N2CCN(C(=O)C[C@@H]3OC(=O)c4ccccc43)CC2)cc1. The minimum absolute atomic E-state index is 0.0267. The number of anilines is 1. The van der Waals surface area contributed by atoms with Gasteiger partial charge in [0.1, 0.15) is 11.9 Å². The molecule has 1 fully saturated rings. The molecule has 2 aromatic carbocycles. The molecule has 2 heterocycles. The Morgan fingerprint density at radius 2 is 1.78 bits per heavy atom. The smallest absolute Gasteiger partial charge is 0.339 e. The van der Waals surface area contributed by atoms with Crippen molar-refractivity contribution in [3.05, 3.63) is 59.7 Å². The van der Waals surface area contributed by atoms with E-state index in [-0.39, 0.29) is 18.3 Å². The standard InChI is InChI=1S/C21H22N2O4/c1-26-16-8-6-15(7-9-16)22-10-12-23(13-11-22)20(24)14-19-17-4-2-3-5-18(17)21(25)27-19/h2-9,19H,10-14H2,1H3/t19-/m0/s1. The quantitative estimate of drug-likeness (QED) is 0.779. The molecular weight excluding hydrogens is 344 g/mol. The summed E-state index contributed by atoms with van der Waals surface area (Å²) in [5.74, 6) is 0.519. The molecule has 2 aromatic rings. The Balaban J connectivity index is 1.34. The molecule has 0 N–H and O–H groups in total. The molecule has 0 bridgehead atoms. The van der Waals surface area contributed by atoms with E-state index >= 15 is 0 Å². The molecule has 0 saturated carbocycles. The van der Waals surface area contributed by atoms with E-state index in [1.54, 1.807) is 13.2 Å². The van der Waals surface area contributed by atoms with Crippen LogP contribution < -0.4 is 9.64 Å². The largest absolute Gasteiger partial charge is 0.497 e. The lowest BCUT2D eigenvalue weighted by Gasteiger charge is -2.36. The first-order valence-electron chi connectivity index (χ1n) is 9.12. The number of methoxy groups -OCH3 is 1. The molecule has 2 aliphatic heterocycles. The lowest BCUT2D eigenvalue weighted by Crippen LogP contribution is -2.49. The summed E-state index contributed by atoms with van der Waals surface area (Å²) in [4.78, 5) is 28.7.